The fraction of sp³-hybridized carbons (Fsp3) is 0.444. The summed E-state index contributed by atoms with van der Waals surface area (Å²) in [5.41, 5.74) is 0. The Bertz CT molecular complexity index is 452. The zero-order valence-corrected chi connectivity index (χ0v) is 10.4. The van der Waals surface area contributed by atoms with Crippen molar-refractivity contribution in [2.24, 2.45) is 0 Å². The van der Waals surface area contributed by atoms with Crippen LogP contribution in [0.5, 0.6) is 0 Å². The van der Waals surface area contributed by atoms with Gasteiger partial charge < -0.3 is 5.32 Å². The zero-order valence-electron chi connectivity index (χ0n) is 8.85. The maximum atomic E-state index is 5.87. The molecule has 2 heterocycles. The summed E-state index contributed by atoms with van der Waals surface area (Å²) in [5, 5.41) is 14.8. The number of nitrogens with zero attached hydrogens (tertiary/aromatic N) is 4. The van der Waals surface area contributed by atoms with Crippen LogP contribution in [0.15, 0.2) is 12.1 Å². The molecule has 0 aromatic carbocycles. The average Bonchev–Trinajstić information content (AvgIpc) is 2.86. The maximum absolute atomic E-state index is 5.87. The largest absolute Gasteiger partial charge is 0.310 e. The molecule has 5 nitrogen and oxygen atoms in total. The molecule has 0 unspecified atom stereocenters. The van der Waals surface area contributed by atoms with Crippen LogP contribution in [0.2, 0.25) is 4.34 Å². The molecule has 0 aliphatic rings. The van der Waals surface area contributed by atoms with Gasteiger partial charge in [-0.25, -0.2) is 4.68 Å². The Morgan fingerprint density at radius 3 is 3.06 bits per heavy atom. The van der Waals surface area contributed by atoms with Crippen LogP contribution in [0.1, 0.15) is 17.6 Å². The first-order valence-electron chi connectivity index (χ1n) is 4.99. The second kappa shape index (κ2) is 5.38. The number of hydrogen-bond donors (Lipinski definition) is 1. The van der Waals surface area contributed by atoms with E-state index in [-0.39, 0.29) is 0 Å². The summed E-state index contributed by atoms with van der Waals surface area (Å²) in [6.45, 7) is 4.30. The van der Waals surface area contributed by atoms with E-state index in [1.54, 1.807) is 16.0 Å². The van der Waals surface area contributed by atoms with Crippen LogP contribution in [0.4, 0.5) is 0 Å². The number of rotatable bonds is 5. The second-order valence-electron chi connectivity index (χ2n) is 3.24. The summed E-state index contributed by atoms with van der Waals surface area (Å²) in [6, 6.07) is 3.88. The minimum absolute atomic E-state index is 0.672. The van der Waals surface area contributed by atoms with Crippen molar-refractivity contribution in [2.45, 2.75) is 20.0 Å². The lowest BCUT2D eigenvalue weighted by molar-refractivity contribution is 0.591. The molecule has 7 heteroatoms. The molecule has 1 N–H and O–H groups in total. The van der Waals surface area contributed by atoms with Crippen LogP contribution in [0, 0.1) is 0 Å². The van der Waals surface area contributed by atoms with Gasteiger partial charge in [0.15, 0.2) is 5.82 Å². The van der Waals surface area contributed by atoms with Crippen LogP contribution in [-0.2, 0) is 13.1 Å². The highest BCUT2D eigenvalue weighted by Crippen LogP contribution is 2.21. The molecule has 2 rings (SSSR count). The molecular weight excluding hydrogens is 246 g/mol. The van der Waals surface area contributed by atoms with Crippen molar-refractivity contribution in [2.75, 3.05) is 6.54 Å². The van der Waals surface area contributed by atoms with Crippen LogP contribution < -0.4 is 5.32 Å². The molecule has 0 saturated heterocycles. The molecule has 0 amide bonds. The van der Waals surface area contributed by atoms with E-state index in [1.807, 2.05) is 19.1 Å². The lowest BCUT2D eigenvalue weighted by Gasteiger charge is -2.02. The van der Waals surface area contributed by atoms with Crippen LogP contribution in [-0.4, -0.2) is 26.8 Å². The van der Waals surface area contributed by atoms with Crippen molar-refractivity contribution >= 4 is 22.9 Å². The molecule has 0 aliphatic heterocycles. The Balaban J connectivity index is 2.06. The number of aromatic nitrogens is 4. The van der Waals surface area contributed by atoms with Gasteiger partial charge in [-0.3, -0.25) is 0 Å². The lowest BCUT2D eigenvalue weighted by atomic mass is 10.4. The van der Waals surface area contributed by atoms with E-state index in [0.29, 0.717) is 13.1 Å². The van der Waals surface area contributed by atoms with Gasteiger partial charge in [0, 0.05) is 4.88 Å². The number of nitrogens with one attached hydrogen (secondary N) is 1. The van der Waals surface area contributed by atoms with E-state index in [2.05, 4.69) is 20.8 Å². The van der Waals surface area contributed by atoms with Gasteiger partial charge in [0.1, 0.15) is 0 Å². The van der Waals surface area contributed by atoms with E-state index >= 15 is 0 Å². The first-order valence-corrected chi connectivity index (χ1v) is 6.19. The molecule has 16 heavy (non-hydrogen) atoms. The Morgan fingerprint density at radius 2 is 2.38 bits per heavy atom. The second-order valence-corrected chi connectivity index (χ2v) is 5.04. The quantitative estimate of drug-likeness (QED) is 0.883. The van der Waals surface area contributed by atoms with E-state index in [9.17, 15) is 0 Å². The van der Waals surface area contributed by atoms with Crippen molar-refractivity contribution in [3.05, 3.63) is 27.2 Å². The minimum atomic E-state index is 0.672. The predicted molar refractivity (Wildman–Crippen MR) is 63.6 cm³/mol. The molecule has 0 spiro atoms. The van der Waals surface area contributed by atoms with Gasteiger partial charge in [0.2, 0.25) is 0 Å². The molecule has 0 aliphatic carbocycles. The zero-order chi connectivity index (χ0) is 11.4. The molecule has 86 valence electrons. The van der Waals surface area contributed by atoms with E-state index in [0.717, 1.165) is 21.6 Å². The monoisotopic (exact) mass is 257 g/mol. The molecule has 0 fully saturated rings. The Hall–Kier alpha value is -0.980. The van der Waals surface area contributed by atoms with Gasteiger partial charge in [-0.15, -0.1) is 16.4 Å². The lowest BCUT2D eigenvalue weighted by Crippen LogP contribution is -2.17. The summed E-state index contributed by atoms with van der Waals surface area (Å²) in [4.78, 5) is 1.15. The average molecular weight is 258 g/mol. The Labute approximate surface area is 102 Å². The standard InChI is InChI=1S/C9H12ClN5S/c1-2-11-5-9-12-13-14-15(9)6-7-3-4-8(10)16-7/h3-4,11H,2,5-6H2,1H3. The van der Waals surface area contributed by atoms with Gasteiger partial charge in [0.05, 0.1) is 17.4 Å². The number of thiophene rings is 1. The highest BCUT2D eigenvalue weighted by atomic mass is 35.5. The minimum Gasteiger partial charge on any atom is -0.310 e. The summed E-state index contributed by atoms with van der Waals surface area (Å²) in [6.07, 6.45) is 0. The fourth-order valence-electron chi connectivity index (χ4n) is 1.29. The fourth-order valence-corrected chi connectivity index (χ4v) is 2.36. The van der Waals surface area contributed by atoms with Gasteiger partial charge in [-0.1, -0.05) is 18.5 Å². The van der Waals surface area contributed by atoms with Crippen molar-refractivity contribution in [3.8, 4) is 0 Å². The molecular formula is C9H12ClN5S. The third kappa shape index (κ3) is 2.78. The van der Waals surface area contributed by atoms with E-state index < -0.39 is 0 Å². The van der Waals surface area contributed by atoms with Crippen molar-refractivity contribution in [3.63, 3.8) is 0 Å². The van der Waals surface area contributed by atoms with Crippen molar-refractivity contribution in [1.82, 2.24) is 25.5 Å². The number of halogens is 1. The molecule has 0 bridgehead atoms. The molecule has 0 radical (unpaired) electrons. The third-order valence-corrected chi connectivity index (χ3v) is 3.29. The predicted octanol–water partition coefficient (Wildman–Crippen LogP) is 1.55. The summed E-state index contributed by atoms with van der Waals surface area (Å²) >= 11 is 7.42. The highest BCUT2D eigenvalue weighted by Gasteiger charge is 2.07. The normalized spacial score (nSPS) is 10.9. The SMILES string of the molecule is CCNCc1nnnn1Cc1ccc(Cl)s1. The summed E-state index contributed by atoms with van der Waals surface area (Å²) in [7, 11) is 0. The molecule has 2 aromatic rings. The number of hydrogen-bond acceptors (Lipinski definition) is 5. The van der Waals surface area contributed by atoms with Gasteiger partial charge >= 0.3 is 0 Å². The van der Waals surface area contributed by atoms with Crippen LogP contribution in [0.25, 0.3) is 0 Å². The topological polar surface area (TPSA) is 55.6 Å². The van der Waals surface area contributed by atoms with Crippen molar-refractivity contribution in [1.29, 1.82) is 0 Å². The third-order valence-electron chi connectivity index (χ3n) is 2.07. The van der Waals surface area contributed by atoms with Gasteiger partial charge in [-0.2, -0.15) is 0 Å². The van der Waals surface area contributed by atoms with Crippen molar-refractivity contribution < 1.29 is 0 Å². The van der Waals surface area contributed by atoms with Gasteiger partial charge in [-0.05, 0) is 29.1 Å². The molecule has 2 aromatic heterocycles. The van der Waals surface area contributed by atoms with Crippen LogP contribution in [0.3, 0.4) is 0 Å². The number of tetrazole rings is 1. The first kappa shape index (κ1) is 11.5. The molecule has 0 saturated carbocycles. The van der Waals surface area contributed by atoms with Gasteiger partial charge in [0.25, 0.3) is 0 Å². The smallest absolute Gasteiger partial charge is 0.165 e. The van der Waals surface area contributed by atoms with Crippen LogP contribution >= 0.6 is 22.9 Å². The van der Waals surface area contributed by atoms with E-state index in [4.69, 9.17) is 11.6 Å². The Kier molecular flexibility index (Phi) is 3.87. The van der Waals surface area contributed by atoms with E-state index in [1.165, 1.54) is 0 Å². The highest BCUT2D eigenvalue weighted by molar-refractivity contribution is 7.16. The maximum Gasteiger partial charge on any atom is 0.165 e. The Morgan fingerprint density at radius 1 is 1.50 bits per heavy atom. The first-order chi connectivity index (χ1) is 7.79. The molecule has 0 atom stereocenters. The summed E-state index contributed by atoms with van der Waals surface area (Å²) < 4.78 is 2.57. The summed E-state index contributed by atoms with van der Waals surface area (Å²) in [5.74, 6) is 0.839.